The smallest absolute Gasteiger partial charge is 0.271 e. The number of halogens is 1. The van der Waals surface area contributed by atoms with Crippen LogP contribution in [0.15, 0.2) is 60.7 Å². The predicted molar refractivity (Wildman–Crippen MR) is 105 cm³/mol. The van der Waals surface area contributed by atoms with E-state index in [1.165, 1.54) is 12.1 Å². The minimum absolute atomic E-state index is 0.225. The molecular weight excluding hydrogens is 359 g/mol. The molecule has 0 bridgehead atoms. The summed E-state index contributed by atoms with van der Waals surface area (Å²) in [6.45, 7) is 2.90. The van der Waals surface area contributed by atoms with Crippen molar-refractivity contribution < 1.29 is 13.9 Å². The van der Waals surface area contributed by atoms with Crippen LogP contribution >= 0.6 is 0 Å². The van der Waals surface area contributed by atoms with E-state index in [0.29, 0.717) is 25.4 Å². The average Bonchev–Trinajstić information content (AvgIpc) is 2.71. The molecule has 1 amide bonds. The van der Waals surface area contributed by atoms with Gasteiger partial charge in [0.25, 0.3) is 5.91 Å². The highest BCUT2D eigenvalue weighted by molar-refractivity contribution is 5.92. The number of nitrogens with zero attached hydrogens (tertiary/aromatic N) is 2. The molecule has 6 nitrogen and oxygen atoms in total. The zero-order valence-electron chi connectivity index (χ0n) is 15.5. The molecule has 0 saturated carbocycles. The van der Waals surface area contributed by atoms with Gasteiger partial charge in [-0.15, -0.1) is 10.2 Å². The highest BCUT2D eigenvalue weighted by Gasteiger charge is 2.09. The van der Waals surface area contributed by atoms with Crippen molar-refractivity contribution in [2.24, 2.45) is 0 Å². The molecule has 0 spiro atoms. The Morgan fingerprint density at radius 3 is 2.54 bits per heavy atom. The van der Waals surface area contributed by atoms with E-state index in [2.05, 4.69) is 20.8 Å². The first-order chi connectivity index (χ1) is 13.7. The van der Waals surface area contributed by atoms with E-state index in [4.69, 9.17) is 4.74 Å². The zero-order valence-corrected chi connectivity index (χ0v) is 15.5. The van der Waals surface area contributed by atoms with Crippen LogP contribution in [0.1, 0.15) is 23.0 Å². The molecule has 28 heavy (non-hydrogen) atoms. The maximum absolute atomic E-state index is 12.9. The van der Waals surface area contributed by atoms with Crippen LogP contribution in [-0.4, -0.2) is 29.3 Å². The van der Waals surface area contributed by atoms with Gasteiger partial charge >= 0.3 is 0 Å². The van der Waals surface area contributed by atoms with Gasteiger partial charge < -0.3 is 15.4 Å². The van der Waals surface area contributed by atoms with Crippen molar-refractivity contribution in [3.8, 4) is 5.75 Å². The molecule has 0 radical (unpaired) electrons. The van der Waals surface area contributed by atoms with Crippen LogP contribution < -0.4 is 15.4 Å². The monoisotopic (exact) mass is 380 g/mol. The van der Waals surface area contributed by atoms with Gasteiger partial charge in [-0.3, -0.25) is 4.79 Å². The molecule has 1 aromatic heterocycles. The summed E-state index contributed by atoms with van der Waals surface area (Å²) in [6, 6.07) is 17.0. The van der Waals surface area contributed by atoms with Gasteiger partial charge in [0.15, 0.2) is 11.5 Å². The maximum atomic E-state index is 12.9. The largest absolute Gasteiger partial charge is 0.492 e. The molecule has 2 aromatic carbocycles. The Bertz CT molecular complexity index is 914. The summed E-state index contributed by atoms with van der Waals surface area (Å²) in [6.07, 6.45) is 0.604. The number of hydrogen-bond donors (Lipinski definition) is 2. The van der Waals surface area contributed by atoms with E-state index >= 15 is 0 Å². The molecule has 1 heterocycles. The van der Waals surface area contributed by atoms with E-state index in [1.807, 2.05) is 31.2 Å². The van der Waals surface area contributed by atoms with Crippen molar-refractivity contribution in [3.63, 3.8) is 0 Å². The number of carbonyl (C=O) groups excluding carboxylic acids is 1. The number of para-hydroxylation sites is 2. The number of anilines is 2. The second-order valence-electron chi connectivity index (χ2n) is 5.99. The minimum atomic E-state index is -0.309. The Morgan fingerprint density at radius 2 is 1.82 bits per heavy atom. The van der Waals surface area contributed by atoms with Gasteiger partial charge in [0, 0.05) is 6.54 Å². The third-order valence-corrected chi connectivity index (χ3v) is 3.96. The van der Waals surface area contributed by atoms with E-state index in [0.717, 1.165) is 17.0 Å². The third-order valence-electron chi connectivity index (χ3n) is 3.96. The van der Waals surface area contributed by atoms with Crippen LogP contribution in [-0.2, 0) is 6.42 Å². The highest BCUT2D eigenvalue weighted by atomic mass is 19.1. The molecule has 7 heteroatoms. The van der Waals surface area contributed by atoms with Crippen LogP contribution in [0, 0.1) is 5.82 Å². The fraction of sp³-hybridized carbons (Fsp3) is 0.190. The first-order valence-electron chi connectivity index (χ1n) is 9.01. The van der Waals surface area contributed by atoms with Crippen LogP contribution in [0.2, 0.25) is 0 Å². The summed E-state index contributed by atoms with van der Waals surface area (Å²) in [5, 5.41) is 13.9. The van der Waals surface area contributed by atoms with Gasteiger partial charge in [0.2, 0.25) is 0 Å². The number of rotatable bonds is 8. The van der Waals surface area contributed by atoms with Crippen LogP contribution in [0.4, 0.5) is 15.9 Å². The number of carbonyl (C=O) groups is 1. The second kappa shape index (κ2) is 9.45. The van der Waals surface area contributed by atoms with Crippen molar-refractivity contribution in [2.75, 3.05) is 18.5 Å². The van der Waals surface area contributed by atoms with Gasteiger partial charge in [0.1, 0.15) is 11.6 Å². The van der Waals surface area contributed by atoms with E-state index in [-0.39, 0.29) is 17.4 Å². The van der Waals surface area contributed by atoms with E-state index < -0.39 is 0 Å². The Kier molecular flexibility index (Phi) is 6.51. The van der Waals surface area contributed by atoms with Crippen LogP contribution in [0.3, 0.4) is 0 Å². The SMILES string of the molecule is CCOc1ccccc1Nc1ccc(C(=O)NCCc2ccc(F)cc2)nn1. The Balaban J connectivity index is 1.55. The van der Waals surface area contributed by atoms with Gasteiger partial charge in [-0.1, -0.05) is 24.3 Å². The highest BCUT2D eigenvalue weighted by Crippen LogP contribution is 2.26. The molecule has 0 unspecified atom stereocenters. The summed E-state index contributed by atoms with van der Waals surface area (Å²) in [5.74, 6) is 0.640. The zero-order chi connectivity index (χ0) is 19.8. The quantitative estimate of drug-likeness (QED) is 0.623. The van der Waals surface area contributed by atoms with Crippen molar-refractivity contribution in [2.45, 2.75) is 13.3 Å². The van der Waals surface area contributed by atoms with Crippen molar-refractivity contribution in [1.82, 2.24) is 15.5 Å². The summed E-state index contributed by atoms with van der Waals surface area (Å²) in [5.41, 5.74) is 1.94. The van der Waals surface area contributed by atoms with Crippen molar-refractivity contribution >= 4 is 17.4 Å². The molecular formula is C21H21FN4O2. The molecule has 3 aromatic rings. The normalized spacial score (nSPS) is 10.4. The lowest BCUT2D eigenvalue weighted by Gasteiger charge is -2.11. The number of benzene rings is 2. The fourth-order valence-corrected chi connectivity index (χ4v) is 2.57. The number of hydrogen-bond acceptors (Lipinski definition) is 5. The molecule has 2 N–H and O–H groups in total. The summed E-state index contributed by atoms with van der Waals surface area (Å²) in [7, 11) is 0. The third kappa shape index (κ3) is 5.26. The number of nitrogens with one attached hydrogen (secondary N) is 2. The van der Waals surface area contributed by atoms with Crippen molar-refractivity contribution in [3.05, 3.63) is 77.7 Å². The van der Waals surface area contributed by atoms with E-state index in [1.54, 1.807) is 24.3 Å². The predicted octanol–water partition coefficient (Wildman–Crippen LogP) is 3.73. The summed E-state index contributed by atoms with van der Waals surface area (Å²) >= 11 is 0. The van der Waals surface area contributed by atoms with Gasteiger partial charge in [-0.2, -0.15) is 0 Å². The summed E-state index contributed by atoms with van der Waals surface area (Å²) < 4.78 is 18.5. The molecule has 0 saturated heterocycles. The van der Waals surface area contributed by atoms with E-state index in [9.17, 15) is 9.18 Å². The molecule has 0 aliphatic rings. The number of aromatic nitrogens is 2. The standard InChI is InChI=1S/C21H21FN4O2/c1-2-28-19-6-4-3-5-17(19)24-20-12-11-18(25-26-20)21(27)23-14-13-15-7-9-16(22)10-8-15/h3-12H,2,13-14H2,1H3,(H,23,27)(H,24,26). The second-order valence-corrected chi connectivity index (χ2v) is 5.99. The number of amides is 1. The first-order valence-corrected chi connectivity index (χ1v) is 9.01. The molecule has 0 atom stereocenters. The Labute approximate surface area is 162 Å². The Hall–Kier alpha value is -3.48. The van der Waals surface area contributed by atoms with Crippen LogP contribution in [0.5, 0.6) is 5.75 Å². The molecule has 144 valence electrons. The molecule has 3 rings (SSSR count). The average molecular weight is 380 g/mol. The first kappa shape index (κ1) is 19.3. The van der Waals surface area contributed by atoms with Gasteiger partial charge in [-0.05, 0) is 55.3 Å². The lowest BCUT2D eigenvalue weighted by atomic mass is 10.1. The van der Waals surface area contributed by atoms with Gasteiger partial charge in [0.05, 0.1) is 12.3 Å². The minimum Gasteiger partial charge on any atom is -0.492 e. The fourth-order valence-electron chi connectivity index (χ4n) is 2.57. The lowest BCUT2D eigenvalue weighted by Crippen LogP contribution is -2.26. The summed E-state index contributed by atoms with van der Waals surface area (Å²) in [4.78, 5) is 12.2. The molecule has 0 aliphatic heterocycles. The van der Waals surface area contributed by atoms with Crippen LogP contribution in [0.25, 0.3) is 0 Å². The topological polar surface area (TPSA) is 76.1 Å². The lowest BCUT2D eigenvalue weighted by molar-refractivity contribution is 0.0948. The Morgan fingerprint density at radius 1 is 1.04 bits per heavy atom. The van der Waals surface area contributed by atoms with Gasteiger partial charge in [-0.25, -0.2) is 4.39 Å². The van der Waals surface area contributed by atoms with Crippen molar-refractivity contribution in [1.29, 1.82) is 0 Å². The molecule has 0 aliphatic carbocycles. The maximum Gasteiger partial charge on any atom is 0.271 e. The number of ether oxygens (including phenoxy) is 1. The molecule has 0 fully saturated rings.